The third-order valence-corrected chi connectivity index (χ3v) is 2.51. The van der Waals surface area contributed by atoms with Crippen LogP contribution in [0, 0.1) is 0 Å². The third-order valence-electron chi connectivity index (χ3n) is 2.51. The number of benzene rings is 2. The van der Waals surface area contributed by atoms with Crippen molar-refractivity contribution < 1.29 is 0 Å². The highest BCUT2D eigenvalue weighted by Gasteiger charge is 1.97. The molecule has 0 amide bonds. The van der Waals surface area contributed by atoms with Crippen LogP contribution in [0.5, 0.6) is 0 Å². The molecule has 0 spiro atoms. The summed E-state index contributed by atoms with van der Waals surface area (Å²) in [4.78, 5) is 0. The number of rotatable bonds is 4. The highest BCUT2D eigenvalue weighted by Crippen LogP contribution is 2.16. The van der Waals surface area contributed by atoms with Crippen LogP contribution in [-0.2, 0) is 6.54 Å². The van der Waals surface area contributed by atoms with Gasteiger partial charge in [0.1, 0.15) is 0 Å². The molecular formula is C15H15N. The van der Waals surface area contributed by atoms with Crippen molar-refractivity contribution in [1.29, 1.82) is 0 Å². The molecule has 1 N–H and O–H groups in total. The van der Waals surface area contributed by atoms with Gasteiger partial charge in [0.05, 0.1) is 0 Å². The molecular weight excluding hydrogens is 194 g/mol. The number of anilines is 1. The lowest BCUT2D eigenvalue weighted by molar-refractivity contribution is 1.15. The maximum Gasteiger partial charge on any atom is 0.0416 e. The first-order chi connectivity index (χ1) is 7.90. The van der Waals surface area contributed by atoms with Crippen LogP contribution in [0.3, 0.4) is 0 Å². The summed E-state index contributed by atoms with van der Waals surface area (Å²) < 4.78 is 0. The van der Waals surface area contributed by atoms with Gasteiger partial charge in [-0.1, -0.05) is 61.2 Å². The van der Waals surface area contributed by atoms with E-state index in [1.165, 1.54) is 5.56 Å². The van der Waals surface area contributed by atoms with E-state index in [9.17, 15) is 0 Å². The van der Waals surface area contributed by atoms with Crippen LogP contribution in [0.4, 0.5) is 5.69 Å². The summed E-state index contributed by atoms with van der Waals surface area (Å²) in [6, 6.07) is 18.5. The molecule has 0 aliphatic rings. The number of nitrogens with one attached hydrogen (secondary N) is 1. The summed E-state index contributed by atoms with van der Waals surface area (Å²) in [5, 5.41) is 3.41. The summed E-state index contributed by atoms with van der Waals surface area (Å²) >= 11 is 0. The lowest BCUT2D eigenvalue weighted by atomic mass is 10.1. The Hall–Kier alpha value is -2.02. The molecule has 0 atom stereocenters. The van der Waals surface area contributed by atoms with E-state index < -0.39 is 0 Å². The molecule has 2 rings (SSSR count). The second-order valence-electron chi connectivity index (χ2n) is 3.63. The molecule has 80 valence electrons. The molecule has 0 aliphatic heterocycles. The lowest BCUT2D eigenvalue weighted by Gasteiger charge is -2.09. The Morgan fingerprint density at radius 2 is 1.62 bits per heavy atom. The Morgan fingerprint density at radius 1 is 0.938 bits per heavy atom. The Balaban J connectivity index is 2.08. The Labute approximate surface area is 96.4 Å². The van der Waals surface area contributed by atoms with Gasteiger partial charge in [0, 0.05) is 12.2 Å². The SMILES string of the molecule is C=Cc1ccccc1NCc1ccccc1. The standard InChI is InChI=1S/C15H15N/c1-2-14-10-6-7-11-15(14)16-12-13-8-4-3-5-9-13/h2-11,16H,1,12H2. The molecule has 1 heteroatoms. The predicted octanol–water partition coefficient (Wildman–Crippen LogP) is 3.94. The molecule has 2 aromatic carbocycles. The van der Waals surface area contributed by atoms with E-state index in [0.29, 0.717) is 0 Å². The fraction of sp³-hybridized carbons (Fsp3) is 0.0667. The average Bonchev–Trinajstić information content (AvgIpc) is 2.38. The van der Waals surface area contributed by atoms with Crippen LogP contribution in [0.2, 0.25) is 0 Å². The van der Waals surface area contributed by atoms with E-state index in [4.69, 9.17) is 0 Å². The predicted molar refractivity (Wildman–Crippen MR) is 70.3 cm³/mol. The molecule has 16 heavy (non-hydrogen) atoms. The zero-order valence-corrected chi connectivity index (χ0v) is 9.19. The topological polar surface area (TPSA) is 12.0 Å². The van der Waals surface area contributed by atoms with Crippen LogP contribution >= 0.6 is 0 Å². The number of hydrogen-bond donors (Lipinski definition) is 1. The van der Waals surface area contributed by atoms with Crippen LogP contribution < -0.4 is 5.32 Å². The van der Waals surface area contributed by atoms with Crippen molar-refractivity contribution in [3.8, 4) is 0 Å². The molecule has 2 aromatic rings. The minimum atomic E-state index is 0.839. The second kappa shape index (κ2) is 5.17. The largest absolute Gasteiger partial charge is 0.380 e. The number of para-hydroxylation sites is 1. The third kappa shape index (κ3) is 2.51. The molecule has 0 bridgehead atoms. The summed E-state index contributed by atoms with van der Waals surface area (Å²) in [5.41, 5.74) is 3.54. The summed E-state index contributed by atoms with van der Waals surface area (Å²) in [6.45, 7) is 4.65. The van der Waals surface area contributed by atoms with Gasteiger partial charge in [-0.05, 0) is 17.2 Å². The van der Waals surface area contributed by atoms with Gasteiger partial charge in [-0.2, -0.15) is 0 Å². The smallest absolute Gasteiger partial charge is 0.0416 e. The first kappa shape index (κ1) is 10.5. The van der Waals surface area contributed by atoms with Crippen molar-refractivity contribution in [1.82, 2.24) is 0 Å². The van der Waals surface area contributed by atoms with Crippen LogP contribution in [0.25, 0.3) is 6.08 Å². The molecule has 0 unspecified atom stereocenters. The van der Waals surface area contributed by atoms with Gasteiger partial charge in [-0.3, -0.25) is 0 Å². The Kier molecular flexibility index (Phi) is 3.39. The van der Waals surface area contributed by atoms with Crippen molar-refractivity contribution in [2.75, 3.05) is 5.32 Å². The van der Waals surface area contributed by atoms with Crippen molar-refractivity contribution in [3.05, 3.63) is 72.3 Å². The van der Waals surface area contributed by atoms with Crippen LogP contribution in [-0.4, -0.2) is 0 Å². The fourth-order valence-electron chi connectivity index (χ4n) is 1.63. The van der Waals surface area contributed by atoms with Crippen LogP contribution in [0.15, 0.2) is 61.2 Å². The molecule has 0 fully saturated rings. The number of hydrogen-bond acceptors (Lipinski definition) is 1. The van der Waals surface area contributed by atoms with Crippen molar-refractivity contribution >= 4 is 11.8 Å². The maximum absolute atomic E-state index is 3.81. The van der Waals surface area contributed by atoms with Gasteiger partial charge in [0.25, 0.3) is 0 Å². The monoisotopic (exact) mass is 209 g/mol. The lowest BCUT2D eigenvalue weighted by Crippen LogP contribution is -2.00. The van der Waals surface area contributed by atoms with Crippen molar-refractivity contribution in [2.24, 2.45) is 0 Å². The molecule has 0 aliphatic carbocycles. The van der Waals surface area contributed by atoms with Gasteiger partial charge >= 0.3 is 0 Å². The minimum Gasteiger partial charge on any atom is -0.380 e. The molecule has 0 saturated heterocycles. The van der Waals surface area contributed by atoms with E-state index in [1.807, 2.05) is 24.3 Å². The first-order valence-electron chi connectivity index (χ1n) is 5.39. The van der Waals surface area contributed by atoms with E-state index in [1.54, 1.807) is 0 Å². The average molecular weight is 209 g/mol. The van der Waals surface area contributed by atoms with Gasteiger partial charge in [0.15, 0.2) is 0 Å². The van der Waals surface area contributed by atoms with Gasteiger partial charge in [-0.15, -0.1) is 0 Å². The molecule has 0 saturated carbocycles. The van der Waals surface area contributed by atoms with Crippen molar-refractivity contribution in [3.63, 3.8) is 0 Å². The molecule has 0 radical (unpaired) electrons. The fourth-order valence-corrected chi connectivity index (χ4v) is 1.63. The zero-order valence-electron chi connectivity index (χ0n) is 9.19. The normalized spacial score (nSPS) is 9.75. The Bertz CT molecular complexity index is 460. The minimum absolute atomic E-state index is 0.839. The Morgan fingerprint density at radius 3 is 2.38 bits per heavy atom. The van der Waals surface area contributed by atoms with E-state index >= 15 is 0 Å². The molecule has 0 heterocycles. The van der Waals surface area contributed by atoms with Crippen LogP contribution in [0.1, 0.15) is 11.1 Å². The van der Waals surface area contributed by atoms with E-state index in [0.717, 1.165) is 17.8 Å². The first-order valence-corrected chi connectivity index (χ1v) is 5.39. The maximum atomic E-state index is 3.81. The molecule has 0 aromatic heterocycles. The zero-order chi connectivity index (χ0) is 11.2. The quantitative estimate of drug-likeness (QED) is 0.804. The molecule has 1 nitrogen and oxygen atoms in total. The van der Waals surface area contributed by atoms with E-state index in [-0.39, 0.29) is 0 Å². The van der Waals surface area contributed by atoms with Crippen molar-refractivity contribution in [2.45, 2.75) is 6.54 Å². The van der Waals surface area contributed by atoms with E-state index in [2.05, 4.69) is 48.3 Å². The highest BCUT2D eigenvalue weighted by atomic mass is 14.9. The summed E-state index contributed by atoms with van der Waals surface area (Å²) in [5.74, 6) is 0. The summed E-state index contributed by atoms with van der Waals surface area (Å²) in [7, 11) is 0. The highest BCUT2D eigenvalue weighted by molar-refractivity contribution is 5.65. The van der Waals surface area contributed by atoms with Gasteiger partial charge in [0.2, 0.25) is 0 Å². The van der Waals surface area contributed by atoms with Gasteiger partial charge in [-0.25, -0.2) is 0 Å². The second-order valence-corrected chi connectivity index (χ2v) is 3.63. The van der Waals surface area contributed by atoms with Gasteiger partial charge < -0.3 is 5.32 Å². The summed E-state index contributed by atoms with van der Waals surface area (Å²) in [6.07, 6.45) is 1.87.